The van der Waals surface area contributed by atoms with Gasteiger partial charge in [0.1, 0.15) is 12.4 Å². The van der Waals surface area contributed by atoms with Gasteiger partial charge in [-0.3, -0.25) is 4.18 Å². The molecule has 0 aliphatic carbocycles. The first-order valence-corrected chi connectivity index (χ1v) is 5.42. The van der Waals surface area contributed by atoms with Crippen molar-refractivity contribution in [3.05, 3.63) is 12.7 Å². The molecule has 0 unspecified atom stereocenters. The first-order chi connectivity index (χ1) is 6.53. The molecule has 1 rings (SSSR count). The summed E-state index contributed by atoms with van der Waals surface area (Å²) in [5, 5.41) is 0. The molecular weight excluding hydrogens is 212 g/mol. The maximum Gasteiger partial charge on any atom is 0.508 e. The van der Waals surface area contributed by atoms with E-state index in [1.54, 1.807) is 0 Å². The smallest absolute Gasteiger partial charge is 0.430 e. The molecule has 0 aromatic rings. The van der Waals surface area contributed by atoms with Gasteiger partial charge in [-0.2, -0.15) is 8.42 Å². The molecule has 1 heterocycles. The number of hydrogen-bond acceptors (Lipinski definition) is 6. The van der Waals surface area contributed by atoms with Gasteiger partial charge in [0.05, 0.1) is 6.61 Å². The van der Waals surface area contributed by atoms with E-state index < -0.39 is 28.1 Å². The molecule has 14 heavy (non-hydrogen) atoms. The lowest BCUT2D eigenvalue weighted by Gasteiger charge is -2.06. The summed E-state index contributed by atoms with van der Waals surface area (Å²) in [7, 11) is -3.68. The molecule has 1 saturated heterocycles. The zero-order valence-electron chi connectivity index (χ0n) is 7.34. The Morgan fingerprint density at radius 1 is 1.64 bits per heavy atom. The average Bonchev–Trinajstić information content (AvgIpc) is 2.47. The van der Waals surface area contributed by atoms with Crippen molar-refractivity contribution in [2.75, 3.05) is 19.0 Å². The third-order valence-electron chi connectivity index (χ3n) is 1.41. The zero-order chi connectivity index (χ0) is 10.6. The van der Waals surface area contributed by atoms with Crippen LogP contribution >= 0.6 is 0 Å². The SMILES string of the molecule is C=CCOS(=O)(=O)C[C@H]1COC(=O)O1. The molecule has 7 heteroatoms. The molecule has 0 aromatic carbocycles. The minimum absolute atomic E-state index is 0.0600. The van der Waals surface area contributed by atoms with E-state index in [1.807, 2.05) is 0 Å². The molecule has 1 aliphatic rings. The highest BCUT2D eigenvalue weighted by Gasteiger charge is 2.30. The van der Waals surface area contributed by atoms with Crippen LogP contribution in [0.4, 0.5) is 4.79 Å². The summed E-state index contributed by atoms with van der Waals surface area (Å²) >= 11 is 0. The molecule has 0 radical (unpaired) electrons. The maximum absolute atomic E-state index is 11.1. The summed E-state index contributed by atoms with van der Waals surface area (Å²) in [4.78, 5) is 10.5. The molecule has 0 spiro atoms. The van der Waals surface area contributed by atoms with Crippen LogP contribution < -0.4 is 0 Å². The highest BCUT2D eigenvalue weighted by atomic mass is 32.2. The van der Waals surface area contributed by atoms with Crippen molar-refractivity contribution in [2.45, 2.75) is 6.10 Å². The van der Waals surface area contributed by atoms with Gasteiger partial charge >= 0.3 is 6.16 Å². The fourth-order valence-electron chi connectivity index (χ4n) is 0.875. The number of ether oxygens (including phenoxy) is 2. The Kier molecular flexibility index (Phi) is 3.48. The molecule has 0 saturated carbocycles. The van der Waals surface area contributed by atoms with Gasteiger partial charge in [0.15, 0.2) is 6.10 Å². The molecule has 1 atom stereocenters. The molecule has 0 N–H and O–H groups in total. The van der Waals surface area contributed by atoms with Crippen LogP contribution in [-0.4, -0.2) is 39.6 Å². The number of carbonyl (C=O) groups excluding carboxylic acids is 1. The summed E-state index contributed by atoms with van der Waals surface area (Å²) in [6, 6.07) is 0. The van der Waals surface area contributed by atoms with Crippen molar-refractivity contribution in [2.24, 2.45) is 0 Å². The van der Waals surface area contributed by atoms with E-state index in [2.05, 4.69) is 20.2 Å². The van der Waals surface area contributed by atoms with Gasteiger partial charge in [0.25, 0.3) is 10.1 Å². The quantitative estimate of drug-likeness (QED) is 0.371. The number of cyclic esters (lactones) is 2. The maximum atomic E-state index is 11.1. The summed E-state index contributed by atoms with van der Waals surface area (Å²) in [5.41, 5.74) is 0. The van der Waals surface area contributed by atoms with E-state index >= 15 is 0 Å². The lowest BCUT2D eigenvalue weighted by Crippen LogP contribution is -2.24. The number of rotatable bonds is 5. The van der Waals surface area contributed by atoms with E-state index in [4.69, 9.17) is 0 Å². The van der Waals surface area contributed by atoms with Gasteiger partial charge in [0.2, 0.25) is 0 Å². The molecule has 80 valence electrons. The second-order valence-electron chi connectivity index (χ2n) is 2.60. The van der Waals surface area contributed by atoms with Crippen LogP contribution in [0.15, 0.2) is 12.7 Å². The largest absolute Gasteiger partial charge is 0.508 e. The van der Waals surface area contributed by atoms with Crippen molar-refractivity contribution >= 4 is 16.3 Å². The Bertz CT molecular complexity index is 319. The fraction of sp³-hybridized carbons (Fsp3) is 0.571. The molecule has 0 bridgehead atoms. The van der Waals surface area contributed by atoms with Crippen LogP contribution in [0.1, 0.15) is 0 Å². The topological polar surface area (TPSA) is 78.9 Å². The molecule has 6 nitrogen and oxygen atoms in total. The van der Waals surface area contributed by atoms with Gasteiger partial charge in [-0.25, -0.2) is 4.79 Å². The second kappa shape index (κ2) is 4.43. The van der Waals surface area contributed by atoms with Crippen LogP contribution in [0.3, 0.4) is 0 Å². The first kappa shape index (κ1) is 11.0. The van der Waals surface area contributed by atoms with E-state index in [0.717, 1.165) is 0 Å². The van der Waals surface area contributed by atoms with Crippen molar-refractivity contribution in [3.63, 3.8) is 0 Å². The molecule has 1 fully saturated rings. The molecule has 0 amide bonds. The minimum atomic E-state index is -3.68. The van der Waals surface area contributed by atoms with E-state index in [9.17, 15) is 13.2 Å². The Balaban J connectivity index is 2.42. The number of carbonyl (C=O) groups is 1. The summed E-state index contributed by atoms with van der Waals surface area (Å²) in [6.07, 6.45) is -0.319. The third kappa shape index (κ3) is 3.35. The Morgan fingerprint density at radius 3 is 2.86 bits per heavy atom. The van der Waals surface area contributed by atoms with Crippen molar-refractivity contribution in [1.82, 2.24) is 0 Å². The van der Waals surface area contributed by atoms with Crippen LogP contribution in [0.5, 0.6) is 0 Å². The highest BCUT2D eigenvalue weighted by molar-refractivity contribution is 7.86. The molecule has 0 aromatic heterocycles. The highest BCUT2D eigenvalue weighted by Crippen LogP contribution is 2.09. The van der Waals surface area contributed by atoms with Gasteiger partial charge < -0.3 is 9.47 Å². The van der Waals surface area contributed by atoms with Crippen LogP contribution in [0.2, 0.25) is 0 Å². The van der Waals surface area contributed by atoms with Crippen LogP contribution in [-0.2, 0) is 23.8 Å². The summed E-state index contributed by atoms with van der Waals surface area (Å²) < 4.78 is 35.7. The zero-order valence-corrected chi connectivity index (χ0v) is 8.16. The molecular formula is C7H10O6S. The Labute approximate surface area is 81.6 Å². The average molecular weight is 222 g/mol. The summed E-state index contributed by atoms with van der Waals surface area (Å²) in [5.74, 6) is -0.396. The monoisotopic (exact) mass is 222 g/mol. The normalized spacial score (nSPS) is 21.4. The Morgan fingerprint density at radius 2 is 2.36 bits per heavy atom. The van der Waals surface area contributed by atoms with Gasteiger partial charge in [-0.1, -0.05) is 6.08 Å². The Hall–Kier alpha value is -1.08. The van der Waals surface area contributed by atoms with Gasteiger partial charge in [-0.05, 0) is 0 Å². The molecule has 1 aliphatic heterocycles. The standard InChI is InChI=1S/C7H10O6S/c1-2-3-12-14(9,10)5-6-4-11-7(8)13-6/h2,6H,1,3-5H2/t6-/m1/s1. The third-order valence-corrected chi connectivity index (χ3v) is 2.68. The first-order valence-electron chi connectivity index (χ1n) is 3.85. The van der Waals surface area contributed by atoms with Crippen molar-refractivity contribution in [3.8, 4) is 0 Å². The summed E-state index contributed by atoms with van der Waals surface area (Å²) in [6.45, 7) is 3.15. The van der Waals surface area contributed by atoms with Crippen LogP contribution in [0, 0.1) is 0 Å². The predicted octanol–water partition coefficient (Wildman–Crippen LogP) is 0.0542. The van der Waals surface area contributed by atoms with Crippen LogP contribution in [0.25, 0.3) is 0 Å². The van der Waals surface area contributed by atoms with Gasteiger partial charge in [0, 0.05) is 0 Å². The lowest BCUT2D eigenvalue weighted by atomic mass is 10.4. The van der Waals surface area contributed by atoms with E-state index in [-0.39, 0.29) is 13.2 Å². The van der Waals surface area contributed by atoms with E-state index in [0.29, 0.717) is 0 Å². The van der Waals surface area contributed by atoms with Crippen molar-refractivity contribution < 1.29 is 26.9 Å². The minimum Gasteiger partial charge on any atom is -0.430 e. The van der Waals surface area contributed by atoms with Gasteiger partial charge in [-0.15, -0.1) is 6.58 Å². The fourth-order valence-corrected chi connectivity index (χ4v) is 1.89. The predicted molar refractivity (Wildman–Crippen MR) is 46.2 cm³/mol. The van der Waals surface area contributed by atoms with Crippen molar-refractivity contribution in [1.29, 1.82) is 0 Å². The lowest BCUT2D eigenvalue weighted by molar-refractivity contribution is 0.121. The second-order valence-corrected chi connectivity index (χ2v) is 4.28. The number of hydrogen-bond donors (Lipinski definition) is 0. The van der Waals surface area contributed by atoms with E-state index in [1.165, 1.54) is 6.08 Å².